The molecule has 2 atom stereocenters. The van der Waals surface area contributed by atoms with E-state index in [0.717, 1.165) is 12.8 Å². The summed E-state index contributed by atoms with van der Waals surface area (Å²) in [7, 11) is -0.453. The van der Waals surface area contributed by atoms with Crippen molar-refractivity contribution in [3.05, 3.63) is 74.8 Å². The van der Waals surface area contributed by atoms with E-state index in [0.29, 0.717) is 11.3 Å². The SMILES string of the molecule is Cc1cc(C)c(C)c(-c2cccc(-c3c(C)c(C)cc(C)c3C)c2P2C(C)CC(O)CC2C)c1C. The minimum Gasteiger partial charge on any atom is -0.393 e. The second-order valence-electron chi connectivity index (χ2n) is 11.2. The summed E-state index contributed by atoms with van der Waals surface area (Å²) in [6.07, 6.45) is 1.63. The van der Waals surface area contributed by atoms with Gasteiger partial charge in [-0.05, 0) is 152 Å². The molecule has 0 aromatic heterocycles. The molecule has 186 valence electrons. The zero-order valence-corrected chi connectivity index (χ0v) is 24.3. The zero-order valence-electron chi connectivity index (χ0n) is 23.4. The Morgan fingerprint density at radius 2 is 0.971 bits per heavy atom. The van der Waals surface area contributed by atoms with Crippen LogP contribution in [-0.4, -0.2) is 22.5 Å². The van der Waals surface area contributed by atoms with Gasteiger partial charge < -0.3 is 5.11 Å². The highest BCUT2D eigenvalue weighted by Crippen LogP contribution is 2.56. The highest BCUT2D eigenvalue weighted by atomic mass is 31.1. The molecule has 4 rings (SSSR count). The summed E-state index contributed by atoms with van der Waals surface area (Å²) in [5.74, 6) is 0. The number of aryl methyl sites for hydroxylation is 4. The van der Waals surface area contributed by atoms with Crippen molar-refractivity contribution >= 4 is 13.2 Å². The molecule has 35 heavy (non-hydrogen) atoms. The molecule has 3 aromatic rings. The lowest BCUT2D eigenvalue weighted by atomic mass is 9.85. The smallest absolute Gasteiger partial charge is 0.0552 e. The summed E-state index contributed by atoms with van der Waals surface area (Å²) >= 11 is 0. The highest BCUT2D eigenvalue weighted by Gasteiger charge is 2.36. The third-order valence-corrected chi connectivity index (χ3v) is 12.1. The van der Waals surface area contributed by atoms with E-state index in [4.69, 9.17) is 0 Å². The van der Waals surface area contributed by atoms with E-state index in [2.05, 4.69) is 99.6 Å². The van der Waals surface area contributed by atoms with Crippen LogP contribution in [0, 0.1) is 55.4 Å². The van der Waals surface area contributed by atoms with Crippen LogP contribution in [0.3, 0.4) is 0 Å². The Morgan fingerprint density at radius 1 is 0.629 bits per heavy atom. The van der Waals surface area contributed by atoms with E-state index in [-0.39, 0.29) is 6.10 Å². The maximum absolute atomic E-state index is 10.6. The van der Waals surface area contributed by atoms with E-state index in [1.807, 2.05) is 0 Å². The quantitative estimate of drug-likeness (QED) is 0.368. The molecule has 1 heterocycles. The molecule has 2 heteroatoms. The van der Waals surface area contributed by atoms with Crippen LogP contribution < -0.4 is 5.30 Å². The predicted octanol–water partition coefficient (Wildman–Crippen LogP) is 8.53. The molecule has 0 spiro atoms. The average Bonchev–Trinajstić information content (AvgIpc) is 2.77. The lowest BCUT2D eigenvalue weighted by Crippen LogP contribution is -2.33. The van der Waals surface area contributed by atoms with Gasteiger partial charge in [0.1, 0.15) is 0 Å². The third-order valence-electron chi connectivity index (χ3n) is 8.74. The normalized spacial score (nSPS) is 22.5. The Morgan fingerprint density at radius 3 is 1.31 bits per heavy atom. The lowest BCUT2D eigenvalue weighted by molar-refractivity contribution is 0.149. The number of rotatable bonds is 3. The first-order chi connectivity index (χ1) is 16.4. The van der Waals surface area contributed by atoms with Crippen molar-refractivity contribution in [2.24, 2.45) is 0 Å². The van der Waals surface area contributed by atoms with Crippen molar-refractivity contribution in [1.29, 1.82) is 0 Å². The molecule has 3 aromatic carbocycles. The maximum atomic E-state index is 10.6. The number of aliphatic hydroxyl groups is 1. The molecular weight excluding hydrogens is 443 g/mol. The molecule has 1 aliphatic rings. The van der Waals surface area contributed by atoms with Gasteiger partial charge in [0.25, 0.3) is 0 Å². The predicted molar refractivity (Wildman–Crippen MR) is 156 cm³/mol. The fourth-order valence-corrected chi connectivity index (χ4v) is 10.1. The second kappa shape index (κ2) is 9.84. The van der Waals surface area contributed by atoms with E-state index in [9.17, 15) is 5.11 Å². The van der Waals surface area contributed by atoms with E-state index >= 15 is 0 Å². The molecule has 0 saturated carbocycles. The molecule has 2 unspecified atom stereocenters. The molecule has 0 bridgehead atoms. The van der Waals surface area contributed by atoms with Gasteiger partial charge in [0, 0.05) is 0 Å². The summed E-state index contributed by atoms with van der Waals surface area (Å²) in [6.45, 7) is 23.0. The molecule has 0 aliphatic carbocycles. The van der Waals surface area contributed by atoms with E-state index < -0.39 is 7.92 Å². The Hall–Kier alpha value is -1.95. The van der Waals surface area contributed by atoms with Crippen LogP contribution in [0.5, 0.6) is 0 Å². The van der Waals surface area contributed by atoms with Gasteiger partial charge in [-0.15, -0.1) is 0 Å². The topological polar surface area (TPSA) is 20.2 Å². The first-order valence-electron chi connectivity index (χ1n) is 13.2. The minimum atomic E-state index is -0.453. The Labute approximate surface area is 214 Å². The summed E-state index contributed by atoms with van der Waals surface area (Å²) in [5.41, 5.74) is 17.7. The van der Waals surface area contributed by atoms with Crippen LogP contribution in [0.2, 0.25) is 0 Å². The van der Waals surface area contributed by atoms with Crippen LogP contribution in [-0.2, 0) is 0 Å². The van der Waals surface area contributed by atoms with E-state index in [1.54, 1.807) is 5.30 Å². The largest absolute Gasteiger partial charge is 0.393 e. The molecule has 1 saturated heterocycles. The van der Waals surface area contributed by atoms with Gasteiger partial charge in [0.15, 0.2) is 0 Å². The van der Waals surface area contributed by atoms with Crippen molar-refractivity contribution in [1.82, 2.24) is 0 Å². The first-order valence-corrected chi connectivity index (χ1v) is 14.7. The first kappa shape index (κ1) is 26.1. The molecule has 1 aliphatic heterocycles. The summed E-state index contributed by atoms with van der Waals surface area (Å²) in [4.78, 5) is 0. The van der Waals surface area contributed by atoms with Gasteiger partial charge in [-0.3, -0.25) is 0 Å². The average molecular weight is 487 g/mol. The molecule has 1 N–H and O–H groups in total. The number of hydrogen-bond acceptors (Lipinski definition) is 1. The number of aliphatic hydroxyl groups excluding tert-OH is 1. The zero-order chi connectivity index (χ0) is 25.8. The monoisotopic (exact) mass is 486 g/mol. The van der Waals surface area contributed by atoms with Crippen molar-refractivity contribution in [2.75, 3.05) is 0 Å². The van der Waals surface area contributed by atoms with Crippen molar-refractivity contribution in [3.8, 4) is 22.3 Å². The maximum Gasteiger partial charge on any atom is 0.0552 e. The van der Waals surface area contributed by atoms with Crippen molar-refractivity contribution in [2.45, 2.75) is 99.5 Å². The summed E-state index contributed by atoms with van der Waals surface area (Å²) < 4.78 is 0. The number of benzene rings is 3. The van der Waals surface area contributed by atoms with Gasteiger partial charge in [0.2, 0.25) is 0 Å². The second-order valence-corrected chi connectivity index (χ2v) is 14.2. The van der Waals surface area contributed by atoms with Crippen LogP contribution >= 0.6 is 7.92 Å². The van der Waals surface area contributed by atoms with Gasteiger partial charge in [-0.2, -0.15) is 0 Å². The number of hydrogen-bond donors (Lipinski definition) is 1. The van der Waals surface area contributed by atoms with Crippen LogP contribution in [0.15, 0.2) is 30.3 Å². The van der Waals surface area contributed by atoms with Crippen molar-refractivity contribution < 1.29 is 5.11 Å². The molecular formula is C33H43OP. The van der Waals surface area contributed by atoms with Gasteiger partial charge in [-0.1, -0.05) is 52.1 Å². The fourth-order valence-electron chi connectivity index (χ4n) is 6.45. The van der Waals surface area contributed by atoms with Crippen molar-refractivity contribution in [3.63, 3.8) is 0 Å². The molecule has 0 amide bonds. The standard InChI is InChI=1S/C33H43OP/c1-18-14-19(2)25(8)31(24(18)7)29-12-11-13-30(32-26(9)20(3)15-21(4)27(32)10)33(29)35-22(5)16-28(34)17-23(35)6/h11-15,22-23,28,34H,16-17H2,1-10H3. The molecule has 1 fully saturated rings. The Balaban J connectivity index is 2.15. The van der Waals surface area contributed by atoms with Crippen LogP contribution in [0.1, 0.15) is 71.2 Å². The minimum absolute atomic E-state index is 0.177. The fraction of sp³-hybridized carbons (Fsp3) is 0.455. The van der Waals surface area contributed by atoms with Crippen LogP contribution in [0.4, 0.5) is 0 Å². The third kappa shape index (κ3) is 4.52. The highest BCUT2D eigenvalue weighted by molar-refractivity contribution is 7.67. The van der Waals surface area contributed by atoms with Crippen LogP contribution in [0.25, 0.3) is 22.3 Å². The Kier molecular flexibility index (Phi) is 7.34. The van der Waals surface area contributed by atoms with E-state index in [1.165, 1.54) is 66.8 Å². The molecule has 1 nitrogen and oxygen atoms in total. The lowest BCUT2D eigenvalue weighted by Gasteiger charge is -2.40. The summed E-state index contributed by atoms with van der Waals surface area (Å²) in [6, 6.07) is 11.7. The van der Waals surface area contributed by atoms with Gasteiger partial charge in [-0.25, -0.2) is 0 Å². The Bertz CT molecular complexity index is 1140. The van der Waals surface area contributed by atoms with Gasteiger partial charge in [0.05, 0.1) is 6.10 Å². The summed E-state index contributed by atoms with van der Waals surface area (Å²) in [5, 5.41) is 12.2. The van der Waals surface area contributed by atoms with Gasteiger partial charge >= 0.3 is 0 Å². The molecule has 0 radical (unpaired) electrons.